The molecule has 81 valence electrons. The van der Waals surface area contributed by atoms with Gasteiger partial charge in [-0.15, -0.1) is 0 Å². The molecule has 1 radical (unpaired) electrons. The first-order chi connectivity index (χ1) is 7.66. The number of ether oxygens (including phenoxy) is 1. The van der Waals surface area contributed by atoms with Gasteiger partial charge in [-0.2, -0.15) is 0 Å². The van der Waals surface area contributed by atoms with Crippen LogP contribution in [0.15, 0.2) is 36.4 Å². The van der Waals surface area contributed by atoms with Crippen molar-refractivity contribution in [3.05, 3.63) is 59.9 Å². The summed E-state index contributed by atoms with van der Waals surface area (Å²) in [6.45, 7) is 0. The van der Waals surface area contributed by atoms with Crippen molar-refractivity contribution in [1.29, 1.82) is 0 Å². The molecule has 0 aliphatic rings. The third-order valence-corrected chi connectivity index (χ3v) is 1.86. The van der Waals surface area contributed by atoms with Crippen LogP contribution in [0.4, 0.5) is 13.2 Å². The minimum atomic E-state index is -1.08. The maximum atomic E-state index is 13.2. The van der Waals surface area contributed by atoms with Crippen molar-refractivity contribution >= 4 is 0 Å². The van der Waals surface area contributed by atoms with Crippen LogP contribution in [0.1, 0.15) is 0 Å². The molecule has 0 aliphatic heterocycles. The molecule has 0 amide bonds. The van der Waals surface area contributed by atoms with E-state index in [1.807, 2.05) is 0 Å². The number of rotatable bonds is 2. The van der Waals surface area contributed by atoms with Gasteiger partial charge in [0, 0.05) is 12.1 Å². The molecule has 0 saturated carbocycles. The highest BCUT2D eigenvalue weighted by Gasteiger charge is 2.13. The summed E-state index contributed by atoms with van der Waals surface area (Å²) >= 11 is 0. The zero-order valence-electron chi connectivity index (χ0n) is 8.01. The average Bonchev–Trinajstić information content (AvgIpc) is 2.25. The van der Waals surface area contributed by atoms with Gasteiger partial charge < -0.3 is 4.74 Å². The first-order valence-corrected chi connectivity index (χ1v) is 4.45. The monoisotopic (exact) mass is 223 g/mol. The van der Waals surface area contributed by atoms with Gasteiger partial charge in [-0.05, 0) is 18.2 Å². The Labute approximate surface area is 90.1 Å². The molecule has 0 saturated heterocycles. The zero-order valence-corrected chi connectivity index (χ0v) is 8.01. The molecule has 2 aromatic carbocycles. The fourth-order valence-electron chi connectivity index (χ4n) is 1.18. The van der Waals surface area contributed by atoms with E-state index >= 15 is 0 Å². The molecule has 0 atom stereocenters. The predicted octanol–water partition coefficient (Wildman–Crippen LogP) is 3.70. The summed E-state index contributed by atoms with van der Waals surface area (Å²) in [5.74, 6) is -3.54. The van der Waals surface area contributed by atoms with Crippen molar-refractivity contribution in [3.63, 3.8) is 0 Å². The molecule has 1 nitrogen and oxygen atoms in total. The van der Waals surface area contributed by atoms with Crippen LogP contribution in [-0.4, -0.2) is 0 Å². The lowest BCUT2D eigenvalue weighted by Gasteiger charge is -2.07. The first-order valence-electron chi connectivity index (χ1n) is 4.45. The van der Waals surface area contributed by atoms with Crippen LogP contribution >= 0.6 is 0 Å². The Morgan fingerprint density at radius 1 is 1.06 bits per heavy atom. The summed E-state index contributed by atoms with van der Waals surface area (Å²) in [5.41, 5.74) is 0. The Bertz CT molecular complexity index is 474. The van der Waals surface area contributed by atoms with Gasteiger partial charge >= 0.3 is 0 Å². The average molecular weight is 223 g/mol. The molecular formula is C12H6F3O. The second-order valence-corrected chi connectivity index (χ2v) is 3.04. The van der Waals surface area contributed by atoms with Gasteiger partial charge in [0.15, 0.2) is 17.4 Å². The quantitative estimate of drug-likeness (QED) is 0.754. The molecule has 0 N–H and O–H groups in total. The molecule has 0 spiro atoms. The summed E-state index contributed by atoms with van der Waals surface area (Å²) < 4.78 is 43.9. The van der Waals surface area contributed by atoms with Crippen molar-refractivity contribution in [3.8, 4) is 11.5 Å². The lowest BCUT2D eigenvalue weighted by atomic mass is 10.3. The van der Waals surface area contributed by atoms with Gasteiger partial charge in [0.2, 0.25) is 0 Å². The topological polar surface area (TPSA) is 9.23 Å². The number of benzene rings is 2. The van der Waals surface area contributed by atoms with Crippen molar-refractivity contribution in [2.24, 2.45) is 0 Å². The number of hydrogen-bond donors (Lipinski definition) is 0. The van der Waals surface area contributed by atoms with Crippen molar-refractivity contribution < 1.29 is 17.9 Å². The van der Waals surface area contributed by atoms with E-state index in [0.717, 1.165) is 0 Å². The Hall–Kier alpha value is -1.97. The Kier molecular flexibility index (Phi) is 2.81. The fourth-order valence-corrected chi connectivity index (χ4v) is 1.18. The number of halogens is 3. The van der Waals surface area contributed by atoms with Crippen molar-refractivity contribution in [2.75, 3.05) is 0 Å². The molecule has 0 heterocycles. The van der Waals surface area contributed by atoms with E-state index in [1.165, 1.54) is 12.1 Å². The molecule has 0 aromatic heterocycles. The van der Waals surface area contributed by atoms with Crippen molar-refractivity contribution in [1.82, 2.24) is 0 Å². The van der Waals surface area contributed by atoms with E-state index in [9.17, 15) is 13.2 Å². The zero-order chi connectivity index (χ0) is 11.5. The highest BCUT2D eigenvalue weighted by atomic mass is 19.1. The molecule has 0 aliphatic carbocycles. The summed E-state index contributed by atoms with van der Waals surface area (Å²) in [4.78, 5) is 0. The van der Waals surface area contributed by atoms with E-state index in [4.69, 9.17) is 4.74 Å². The highest BCUT2D eigenvalue weighted by Crippen LogP contribution is 2.27. The van der Waals surface area contributed by atoms with Crippen LogP contribution in [0.25, 0.3) is 0 Å². The van der Waals surface area contributed by atoms with Gasteiger partial charge in [-0.25, -0.2) is 13.2 Å². The van der Waals surface area contributed by atoms with Gasteiger partial charge in [0.25, 0.3) is 0 Å². The van der Waals surface area contributed by atoms with Gasteiger partial charge in [0.05, 0.1) is 0 Å². The molecule has 2 rings (SSSR count). The van der Waals surface area contributed by atoms with Gasteiger partial charge in [-0.1, -0.05) is 12.1 Å². The van der Waals surface area contributed by atoms with E-state index in [1.54, 1.807) is 12.1 Å². The third kappa shape index (κ3) is 2.16. The standard InChI is InChI=1S/C12H6F3O/c13-8-6-10(14)12(11(15)7-8)16-9-4-2-1-3-5-9/h1-2,4-7H. The van der Waals surface area contributed by atoms with Crippen LogP contribution in [0.3, 0.4) is 0 Å². The summed E-state index contributed by atoms with van der Waals surface area (Å²) in [5, 5.41) is 0. The maximum absolute atomic E-state index is 13.2. The SMILES string of the molecule is Fc1cc(F)c(Oc2c[c]ccc2)c(F)c1. The van der Waals surface area contributed by atoms with Crippen LogP contribution in [-0.2, 0) is 0 Å². The molecular weight excluding hydrogens is 217 g/mol. The molecule has 4 heteroatoms. The smallest absolute Gasteiger partial charge is 0.198 e. The van der Waals surface area contributed by atoms with Crippen molar-refractivity contribution in [2.45, 2.75) is 0 Å². The molecule has 0 unspecified atom stereocenters. The molecule has 16 heavy (non-hydrogen) atoms. The second kappa shape index (κ2) is 4.26. The summed E-state index contributed by atoms with van der Waals surface area (Å²) in [6.07, 6.45) is 0. The van der Waals surface area contributed by atoms with Gasteiger partial charge in [-0.3, -0.25) is 0 Å². The normalized spacial score (nSPS) is 10.2. The Morgan fingerprint density at radius 3 is 2.31 bits per heavy atom. The number of hydrogen-bond acceptors (Lipinski definition) is 1. The minimum Gasteiger partial charge on any atom is -0.451 e. The predicted molar refractivity (Wildman–Crippen MR) is 51.7 cm³/mol. The van der Waals surface area contributed by atoms with E-state index < -0.39 is 23.2 Å². The summed E-state index contributed by atoms with van der Waals surface area (Å²) in [7, 11) is 0. The maximum Gasteiger partial charge on any atom is 0.198 e. The lowest BCUT2D eigenvalue weighted by Crippen LogP contribution is -1.93. The van der Waals surface area contributed by atoms with Crippen LogP contribution in [0.5, 0.6) is 11.5 Å². The molecule has 0 bridgehead atoms. The largest absolute Gasteiger partial charge is 0.451 e. The minimum absolute atomic E-state index is 0.229. The van der Waals surface area contributed by atoms with Crippen LogP contribution < -0.4 is 4.74 Å². The van der Waals surface area contributed by atoms with E-state index in [2.05, 4.69) is 6.07 Å². The van der Waals surface area contributed by atoms with Crippen LogP contribution in [0, 0.1) is 23.5 Å². The highest BCUT2D eigenvalue weighted by molar-refractivity contribution is 5.33. The molecule has 2 aromatic rings. The summed E-state index contributed by atoms with van der Waals surface area (Å²) in [6, 6.07) is 9.96. The van der Waals surface area contributed by atoms with Crippen LogP contribution in [0.2, 0.25) is 0 Å². The lowest BCUT2D eigenvalue weighted by molar-refractivity contribution is 0.401. The second-order valence-electron chi connectivity index (χ2n) is 3.04. The first kappa shape index (κ1) is 10.5. The molecule has 0 fully saturated rings. The van der Waals surface area contributed by atoms with Gasteiger partial charge in [0.1, 0.15) is 11.6 Å². The van der Waals surface area contributed by atoms with E-state index in [-0.39, 0.29) is 5.75 Å². The Balaban J connectivity index is 2.35. The fraction of sp³-hybridized carbons (Fsp3) is 0. The Morgan fingerprint density at radius 2 is 1.75 bits per heavy atom. The van der Waals surface area contributed by atoms with E-state index in [0.29, 0.717) is 12.1 Å². The third-order valence-electron chi connectivity index (χ3n) is 1.86.